The van der Waals surface area contributed by atoms with Gasteiger partial charge < -0.3 is 14.5 Å². The molecule has 4 heteroatoms. The average molecular weight is 405 g/mol. The summed E-state index contributed by atoms with van der Waals surface area (Å²) in [4.78, 5) is 4.75. The highest BCUT2D eigenvalue weighted by Crippen LogP contribution is 2.35. The van der Waals surface area contributed by atoms with E-state index in [-0.39, 0.29) is 0 Å². The topological polar surface area (TPSA) is 34.8 Å². The third kappa shape index (κ3) is 2.72. The molecule has 0 saturated heterocycles. The van der Waals surface area contributed by atoms with E-state index in [1.54, 1.807) is 0 Å². The van der Waals surface area contributed by atoms with Crippen LogP contribution in [0.2, 0.25) is 0 Å². The molecule has 4 aromatic carbocycles. The van der Waals surface area contributed by atoms with Gasteiger partial charge in [-0.15, -0.1) is 0 Å². The number of aromatic nitrogens is 3. The van der Waals surface area contributed by atoms with Crippen LogP contribution in [0.15, 0.2) is 78.9 Å². The maximum Gasteiger partial charge on any atom is 0.203 e. The highest BCUT2D eigenvalue weighted by Gasteiger charge is 2.13. The Morgan fingerprint density at radius 1 is 0.806 bits per heavy atom. The van der Waals surface area contributed by atoms with Gasteiger partial charge in [0.1, 0.15) is 0 Å². The Morgan fingerprint density at radius 3 is 2.48 bits per heavy atom. The van der Waals surface area contributed by atoms with Crippen molar-refractivity contribution in [2.75, 3.05) is 5.32 Å². The molecule has 0 radical (unpaired) electrons. The van der Waals surface area contributed by atoms with Gasteiger partial charge in [0, 0.05) is 41.9 Å². The van der Waals surface area contributed by atoms with E-state index in [0.29, 0.717) is 0 Å². The van der Waals surface area contributed by atoms with Gasteiger partial charge >= 0.3 is 0 Å². The van der Waals surface area contributed by atoms with Crippen molar-refractivity contribution in [3.05, 3.63) is 84.4 Å². The maximum atomic E-state index is 4.75. The fourth-order valence-electron chi connectivity index (χ4n) is 4.85. The lowest BCUT2D eigenvalue weighted by Gasteiger charge is -2.07. The lowest BCUT2D eigenvalue weighted by atomic mass is 10.0. The van der Waals surface area contributed by atoms with Gasteiger partial charge in [0.25, 0.3) is 0 Å². The van der Waals surface area contributed by atoms with Crippen LogP contribution in [-0.4, -0.2) is 14.1 Å². The van der Waals surface area contributed by atoms with E-state index >= 15 is 0 Å². The molecule has 0 amide bonds. The molecule has 0 atom stereocenters. The summed E-state index contributed by atoms with van der Waals surface area (Å²) in [5, 5.41) is 8.80. The van der Waals surface area contributed by atoms with E-state index in [0.717, 1.165) is 30.1 Å². The fraction of sp³-hybridized carbons (Fsp3) is 0.148. The van der Waals surface area contributed by atoms with E-state index in [1.165, 1.54) is 38.1 Å². The van der Waals surface area contributed by atoms with Crippen molar-refractivity contribution in [1.29, 1.82) is 0 Å². The summed E-state index contributed by atoms with van der Waals surface area (Å²) < 4.78 is 4.53. The minimum Gasteiger partial charge on any atom is -0.352 e. The summed E-state index contributed by atoms with van der Waals surface area (Å²) in [7, 11) is 2.06. The van der Waals surface area contributed by atoms with Crippen LogP contribution in [0.1, 0.15) is 12.5 Å². The molecule has 1 N–H and O–H groups in total. The Morgan fingerprint density at radius 2 is 1.61 bits per heavy atom. The van der Waals surface area contributed by atoms with E-state index < -0.39 is 0 Å². The second-order valence-corrected chi connectivity index (χ2v) is 8.11. The molecule has 0 unspecified atom stereocenters. The Hall–Kier alpha value is -3.79. The Labute approximate surface area is 180 Å². The van der Waals surface area contributed by atoms with Crippen LogP contribution < -0.4 is 5.32 Å². The first-order chi connectivity index (χ1) is 15.2. The zero-order chi connectivity index (χ0) is 20.9. The van der Waals surface area contributed by atoms with Crippen LogP contribution in [0.25, 0.3) is 43.6 Å². The summed E-state index contributed by atoms with van der Waals surface area (Å²) in [5.41, 5.74) is 6.00. The van der Waals surface area contributed by atoms with Crippen LogP contribution >= 0.6 is 0 Å². The summed E-state index contributed by atoms with van der Waals surface area (Å²) in [6.07, 6.45) is 0. The molecule has 0 aliphatic rings. The Bertz CT molecular complexity index is 1590. The second kappa shape index (κ2) is 6.88. The van der Waals surface area contributed by atoms with Gasteiger partial charge in [-0.2, -0.15) is 0 Å². The van der Waals surface area contributed by atoms with Crippen LogP contribution in [0.3, 0.4) is 0 Å². The number of nitrogens with zero attached hydrogens (tertiary/aromatic N) is 3. The zero-order valence-electron chi connectivity index (χ0n) is 17.8. The van der Waals surface area contributed by atoms with Crippen molar-refractivity contribution in [2.45, 2.75) is 20.0 Å². The quantitative estimate of drug-likeness (QED) is 0.366. The highest BCUT2D eigenvalue weighted by molar-refractivity contribution is 6.20. The minimum absolute atomic E-state index is 0.733. The predicted molar refractivity (Wildman–Crippen MR) is 131 cm³/mol. The SMILES string of the molecule is CCn1c2ccc(CNc3nc4ccccc4n3C)cc2c2c3ccccc3ccc21. The number of hydrogen-bond donors (Lipinski definition) is 1. The van der Waals surface area contributed by atoms with Crippen molar-refractivity contribution in [1.82, 2.24) is 14.1 Å². The normalized spacial score (nSPS) is 11.8. The molecular weight excluding hydrogens is 380 g/mol. The zero-order valence-corrected chi connectivity index (χ0v) is 17.8. The van der Waals surface area contributed by atoms with Crippen molar-refractivity contribution < 1.29 is 0 Å². The number of fused-ring (bicyclic) bond motifs is 6. The molecule has 0 spiro atoms. The number of rotatable bonds is 4. The first-order valence-corrected chi connectivity index (χ1v) is 10.8. The van der Waals surface area contributed by atoms with E-state index in [2.05, 4.69) is 101 Å². The Kier molecular flexibility index (Phi) is 4.00. The molecular formula is C27H24N4. The average Bonchev–Trinajstić information content (AvgIpc) is 3.31. The molecule has 152 valence electrons. The molecule has 2 aromatic heterocycles. The first kappa shape index (κ1) is 18.0. The summed E-state index contributed by atoms with van der Waals surface area (Å²) >= 11 is 0. The first-order valence-electron chi connectivity index (χ1n) is 10.8. The second-order valence-electron chi connectivity index (χ2n) is 8.11. The van der Waals surface area contributed by atoms with Gasteiger partial charge in [0.05, 0.1) is 11.0 Å². The summed E-state index contributed by atoms with van der Waals surface area (Å²) in [6, 6.07) is 28.2. The van der Waals surface area contributed by atoms with E-state index in [4.69, 9.17) is 4.98 Å². The van der Waals surface area contributed by atoms with E-state index in [1.807, 2.05) is 6.07 Å². The van der Waals surface area contributed by atoms with Crippen LogP contribution in [-0.2, 0) is 20.1 Å². The molecule has 0 aliphatic carbocycles. The summed E-state index contributed by atoms with van der Waals surface area (Å²) in [6.45, 7) is 3.90. The van der Waals surface area contributed by atoms with Crippen LogP contribution in [0, 0.1) is 0 Å². The lowest BCUT2D eigenvalue weighted by molar-refractivity contribution is 0.827. The number of para-hydroxylation sites is 2. The van der Waals surface area contributed by atoms with Gasteiger partial charge in [-0.3, -0.25) is 0 Å². The molecule has 2 heterocycles. The molecule has 6 rings (SSSR count). The van der Waals surface area contributed by atoms with Crippen LogP contribution in [0.5, 0.6) is 0 Å². The largest absolute Gasteiger partial charge is 0.352 e. The maximum absolute atomic E-state index is 4.75. The van der Waals surface area contributed by atoms with Crippen molar-refractivity contribution in [2.24, 2.45) is 7.05 Å². The van der Waals surface area contributed by atoms with Gasteiger partial charge in [-0.1, -0.05) is 48.5 Å². The van der Waals surface area contributed by atoms with Gasteiger partial charge in [0.15, 0.2) is 0 Å². The Balaban J connectivity index is 1.46. The van der Waals surface area contributed by atoms with Crippen molar-refractivity contribution >= 4 is 49.6 Å². The van der Waals surface area contributed by atoms with Crippen LogP contribution in [0.4, 0.5) is 5.95 Å². The van der Waals surface area contributed by atoms with Gasteiger partial charge in [-0.25, -0.2) is 4.98 Å². The minimum atomic E-state index is 0.733. The van der Waals surface area contributed by atoms with Gasteiger partial charge in [0.2, 0.25) is 5.95 Å². The molecule has 0 aliphatic heterocycles. The molecule has 0 bridgehead atoms. The number of benzene rings is 4. The van der Waals surface area contributed by atoms with Crippen molar-refractivity contribution in [3.63, 3.8) is 0 Å². The smallest absolute Gasteiger partial charge is 0.203 e. The highest BCUT2D eigenvalue weighted by atomic mass is 15.2. The molecule has 0 fully saturated rings. The third-order valence-electron chi connectivity index (χ3n) is 6.37. The number of hydrogen-bond acceptors (Lipinski definition) is 2. The number of anilines is 1. The molecule has 0 saturated carbocycles. The molecule has 31 heavy (non-hydrogen) atoms. The van der Waals surface area contributed by atoms with E-state index in [9.17, 15) is 0 Å². The summed E-state index contributed by atoms with van der Waals surface area (Å²) in [5.74, 6) is 0.891. The number of nitrogens with one attached hydrogen (secondary N) is 1. The standard InChI is InChI=1S/C27H24N4/c1-3-31-23-14-12-18(17-28-27-29-22-10-6-7-11-24(22)30(27)2)16-21(23)26-20-9-5-4-8-19(20)13-15-25(26)31/h4-16H,3,17H2,1-2H3,(H,28,29). The van der Waals surface area contributed by atoms with Crippen molar-refractivity contribution in [3.8, 4) is 0 Å². The number of aryl methyl sites for hydroxylation is 2. The number of imidazole rings is 1. The predicted octanol–water partition coefficient (Wildman–Crippen LogP) is 6.47. The lowest BCUT2D eigenvalue weighted by Crippen LogP contribution is -2.05. The monoisotopic (exact) mass is 404 g/mol. The third-order valence-corrected chi connectivity index (χ3v) is 6.37. The fourth-order valence-corrected chi connectivity index (χ4v) is 4.85. The molecule has 4 nitrogen and oxygen atoms in total. The molecule has 6 aromatic rings. The van der Waals surface area contributed by atoms with Gasteiger partial charge in [-0.05, 0) is 53.6 Å².